The van der Waals surface area contributed by atoms with Crippen molar-refractivity contribution in [1.29, 1.82) is 0 Å². The Balaban J connectivity index is 1.75. The number of quaternary nitrogens is 1. The van der Waals surface area contributed by atoms with Gasteiger partial charge in [-0.05, 0) is 30.2 Å². The first kappa shape index (κ1) is 19.4. The van der Waals surface area contributed by atoms with Gasteiger partial charge >= 0.3 is 0 Å². The van der Waals surface area contributed by atoms with E-state index in [0.717, 1.165) is 12.0 Å². The van der Waals surface area contributed by atoms with Crippen LogP contribution in [-0.2, 0) is 9.59 Å². The number of anilines is 1. The molecule has 2 aromatic rings. The van der Waals surface area contributed by atoms with E-state index in [1.54, 1.807) is 6.07 Å². The molecule has 4 nitrogen and oxygen atoms in total. The summed E-state index contributed by atoms with van der Waals surface area (Å²) in [6.45, 7) is 4.29. The van der Waals surface area contributed by atoms with Crippen LogP contribution in [0.4, 0.5) is 5.69 Å². The van der Waals surface area contributed by atoms with E-state index in [2.05, 4.69) is 19.2 Å². The first-order chi connectivity index (χ1) is 13.4. The van der Waals surface area contributed by atoms with Crippen LogP contribution >= 0.6 is 23.2 Å². The SMILES string of the molecule is CC(C)C[C@@H]1[NH2+][C@@H](c2ccc(Cl)c(Cl)c2)[C@H]2C(=O)N(c3ccccc3)C(=O)[C@@H]21. The van der Waals surface area contributed by atoms with Gasteiger partial charge in [0.2, 0.25) is 11.8 Å². The fourth-order valence-corrected chi connectivity index (χ4v) is 4.99. The van der Waals surface area contributed by atoms with E-state index in [1.165, 1.54) is 4.90 Å². The van der Waals surface area contributed by atoms with Gasteiger partial charge in [-0.3, -0.25) is 9.59 Å². The summed E-state index contributed by atoms with van der Waals surface area (Å²) >= 11 is 12.3. The molecule has 2 aromatic carbocycles. The number of carbonyl (C=O) groups is 2. The molecule has 6 heteroatoms. The van der Waals surface area contributed by atoms with E-state index in [-0.39, 0.29) is 29.8 Å². The van der Waals surface area contributed by atoms with Crippen molar-refractivity contribution in [3.63, 3.8) is 0 Å². The summed E-state index contributed by atoms with van der Waals surface area (Å²) in [6, 6.07) is 14.6. The second-order valence-electron chi connectivity index (χ2n) is 8.08. The number of fused-ring (bicyclic) bond motifs is 1. The third kappa shape index (κ3) is 3.24. The number of nitrogens with two attached hydrogens (primary N) is 1. The number of para-hydroxylation sites is 1. The number of carbonyl (C=O) groups excluding carboxylic acids is 2. The molecule has 0 unspecified atom stereocenters. The van der Waals surface area contributed by atoms with E-state index >= 15 is 0 Å². The molecule has 0 bridgehead atoms. The Morgan fingerprint density at radius 3 is 2.29 bits per heavy atom. The third-order valence-corrected chi connectivity index (χ3v) is 6.53. The molecular weight excluding hydrogens is 395 g/mol. The number of nitrogens with zero attached hydrogens (tertiary/aromatic N) is 1. The van der Waals surface area contributed by atoms with Gasteiger partial charge in [-0.1, -0.05) is 61.3 Å². The summed E-state index contributed by atoms with van der Waals surface area (Å²) in [6.07, 6.45) is 0.876. The Morgan fingerprint density at radius 2 is 1.64 bits per heavy atom. The Hall–Kier alpha value is -1.88. The normalized spacial score (nSPS) is 27.0. The standard InChI is InChI=1S/C22H22Cl2N2O2/c1-12(2)10-17-18-19(20(25-17)13-8-9-15(23)16(24)11-13)22(28)26(21(18)27)14-6-4-3-5-7-14/h3-9,11-12,17-20,25H,10H2,1-2H3/p+1/t17-,18+,19-,20-/m0/s1. The van der Waals surface area contributed by atoms with Gasteiger partial charge in [-0.2, -0.15) is 0 Å². The predicted octanol–water partition coefficient (Wildman–Crippen LogP) is 3.83. The summed E-state index contributed by atoms with van der Waals surface area (Å²) < 4.78 is 0. The molecule has 0 aromatic heterocycles. The number of hydrogen-bond acceptors (Lipinski definition) is 2. The molecule has 0 spiro atoms. The first-order valence-corrected chi connectivity index (χ1v) is 10.4. The summed E-state index contributed by atoms with van der Waals surface area (Å²) in [7, 11) is 0. The highest BCUT2D eigenvalue weighted by Gasteiger charge is 2.62. The first-order valence-electron chi connectivity index (χ1n) is 9.61. The van der Waals surface area contributed by atoms with Gasteiger partial charge in [0.1, 0.15) is 17.9 Å². The Kier molecular flexibility index (Phi) is 5.21. The van der Waals surface area contributed by atoms with Crippen LogP contribution in [0.25, 0.3) is 0 Å². The lowest BCUT2D eigenvalue weighted by molar-refractivity contribution is -0.712. The minimum Gasteiger partial charge on any atom is -0.336 e. The molecule has 2 fully saturated rings. The zero-order chi connectivity index (χ0) is 20.0. The number of amides is 2. The van der Waals surface area contributed by atoms with Crippen LogP contribution in [0.2, 0.25) is 10.0 Å². The minimum absolute atomic E-state index is 0.0645. The molecule has 0 aliphatic carbocycles. The largest absolute Gasteiger partial charge is 0.336 e. The highest BCUT2D eigenvalue weighted by atomic mass is 35.5. The molecule has 2 N–H and O–H groups in total. The van der Waals surface area contributed by atoms with E-state index in [0.29, 0.717) is 21.7 Å². The quantitative estimate of drug-likeness (QED) is 0.768. The Morgan fingerprint density at radius 1 is 0.964 bits per heavy atom. The third-order valence-electron chi connectivity index (χ3n) is 5.79. The van der Waals surface area contributed by atoms with Crippen LogP contribution in [0.3, 0.4) is 0 Å². The van der Waals surface area contributed by atoms with Crippen LogP contribution in [0.15, 0.2) is 48.5 Å². The van der Waals surface area contributed by atoms with Crippen LogP contribution in [-0.4, -0.2) is 17.9 Å². The number of hydrogen-bond donors (Lipinski definition) is 1. The molecule has 2 heterocycles. The molecule has 2 saturated heterocycles. The number of benzene rings is 2. The van der Waals surface area contributed by atoms with Crippen molar-refractivity contribution in [2.24, 2.45) is 17.8 Å². The highest BCUT2D eigenvalue weighted by Crippen LogP contribution is 2.43. The van der Waals surface area contributed by atoms with Gasteiger partial charge in [-0.25, -0.2) is 4.90 Å². The summed E-state index contributed by atoms with van der Waals surface area (Å²) in [4.78, 5) is 28.1. The van der Waals surface area contributed by atoms with Gasteiger partial charge in [-0.15, -0.1) is 0 Å². The Labute approximate surface area is 174 Å². The maximum atomic E-state index is 13.4. The topological polar surface area (TPSA) is 54.0 Å². The molecule has 4 rings (SSSR count). The van der Waals surface area contributed by atoms with Crippen molar-refractivity contribution in [1.82, 2.24) is 0 Å². The van der Waals surface area contributed by atoms with Gasteiger partial charge in [0.25, 0.3) is 0 Å². The summed E-state index contributed by atoms with van der Waals surface area (Å²) in [5.74, 6) is -0.503. The fraction of sp³-hybridized carbons (Fsp3) is 0.364. The maximum absolute atomic E-state index is 13.4. The molecular formula is C22H23Cl2N2O2+. The van der Waals surface area contributed by atoms with Crippen LogP contribution in [0.5, 0.6) is 0 Å². The highest BCUT2D eigenvalue weighted by molar-refractivity contribution is 6.42. The molecule has 4 atom stereocenters. The summed E-state index contributed by atoms with van der Waals surface area (Å²) in [5.41, 5.74) is 1.58. The molecule has 28 heavy (non-hydrogen) atoms. The molecule has 0 saturated carbocycles. The smallest absolute Gasteiger partial charge is 0.244 e. The molecule has 2 amide bonds. The zero-order valence-corrected chi connectivity index (χ0v) is 17.3. The molecule has 0 radical (unpaired) electrons. The number of imide groups is 1. The van der Waals surface area contributed by atoms with Crippen LogP contribution in [0, 0.1) is 17.8 Å². The van der Waals surface area contributed by atoms with Crippen molar-refractivity contribution in [3.8, 4) is 0 Å². The van der Waals surface area contributed by atoms with E-state index < -0.39 is 5.92 Å². The van der Waals surface area contributed by atoms with E-state index in [9.17, 15) is 9.59 Å². The number of rotatable bonds is 4. The lowest BCUT2D eigenvalue weighted by Crippen LogP contribution is -2.89. The van der Waals surface area contributed by atoms with Gasteiger partial charge in [0.15, 0.2) is 0 Å². The fourth-order valence-electron chi connectivity index (χ4n) is 4.69. The summed E-state index contributed by atoms with van der Waals surface area (Å²) in [5, 5.41) is 3.14. The van der Waals surface area contributed by atoms with Gasteiger partial charge in [0.05, 0.1) is 21.8 Å². The lowest BCUT2D eigenvalue weighted by Gasteiger charge is -2.21. The second-order valence-corrected chi connectivity index (χ2v) is 8.90. The van der Waals surface area contributed by atoms with Crippen LogP contribution in [0.1, 0.15) is 31.9 Å². The van der Waals surface area contributed by atoms with Crippen LogP contribution < -0.4 is 10.2 Å². The molecule has 146 valence electrons. The van der Waals surface area contributed by atoms with Gasteiger partial charge in [0, 0.05) is 12.0 Å². The second kappa shape index (κ2) is 7.51. The minimum atomic E-state index is -0.395. The van der Waals surface area contributed by atoms with E-state index in [1.807, 2.05) is 42.5 Å². The van der Waals surface area contributed by atoms with Crippen molar-refractivity contribution in [2.75, 3.05) is 4.90 Å². The monoisotopic (exact) mass is 417 g/mol. The average Bonchev–Trinajstić information content (AvgIpc) is 3.15. The van der Waals surface area contributed by atoms with Gasteiger partial charge < -0.3 is 5.32 Å². The van der Waals surface area contributed by atoms with E-state index in [4.69, 9.17) is 23.2 Å². The molecule has 2 aliphatic rings. The molecule has 2 aliphatic heterocycles. The predicted molar refractivity (Wildman–Crippen MR) is 110 cm³/mol. The lowest BCUT2D eigenvalue weighted by atomic mass is 9.84. The van der Waals surface area contributed by atoms with Crippen molar-refractivity contribution in [3.05, 3.63) is 64.1 Å². The average molecular weight is 418 g/mol. The maximum Gasteiger partial charge on any atom is 0.244 e. The van der Waals surface area contributed by atoms with Crippen molar-refractivity contribution >= 4 is 40.7 Å². The number of halogens is 2. The Bertz CT molecular complexity index is 916. The van der Waals surface area contributed by atoms with Crippen molar-refractivity contribution in [2.45, 2.75) is 32.4 Å². The van der Waals surface area contributed by atoms with Crippen molar-refractivity contribution < 1.29 is 14.9 Å². The zero-order valence-electron chi connectivity index (χ0n) is 15.8.